The van der Waals surface area contributed by atoms with Gasteiger partial charge >= 0.3 is 0 Å². The fraction of sp³-hybridized carbons (Fsp3) is 0.533. The third kappa shape index (κ3) is 5.21. The molecule has 3 heteroatoms. The van der Waals surface area contributed by atoms with Crippen LogP contribution in [0.4, 0.5) is 11.4 Å². The molecule has 1 aromatic rings. The van der Waals surface area contributed by atoms with Crippen molar-refractivity contribution < 1.29 is 4.79 Å². The van der Waals surface area contributed by atoms with Crippen molar-refractivity contribution in [2.75, 3.05) is 11.1 Å². The van der Waals surface area contributed by atoms with Gasteiger partial charge in [0.1, 0.15) is 0 Å². The Morgan fingerprint density at radius 2 is 2.17 bits per heavy atom. The maximum absolute atomic E-state index is 11.9. The maximum Gasteiger partial charge on any atom is 0.224 e. The van der Waals surface area contributed by atoms with Gasteiger partial charge in [0, 0.05) is 17.8 Å². The van der Waals surface area contributed by atoms with Crippen molar-refractivity contribution >= 4 is 17.3 Å². The summed E-state index contributed by atoms with van der Waals surface area (Å²) in [7, 11) is 0. The van der Waals surface area contributed by atoms with Crippen molar-refractivity contribution in [2.45, 2.75) is 46.0 Å². The zero-order valence-electron chi connectivity index (χ0n) is 11.4. The number of carbonyl (C=O) groups is 1. The highest BCUT2D eigenvalue weighted by atomic mass is 16.1. The molecule has 1 unspecified atom stereocenters. The smallest absolute Gasteiger partial charge is 0.224 e. The van der Waals surface area contributed by atoms with Crippen molar-refractivity contribution in [3.05, 3.63) is 24.3 Å². The Balaban J connectivity index is 2.45. The lowest BCUT2D eigenvalue weighted by molar-refractivity contribution is -0.117. The van der Waals surface area contributed by atoms with Crippen LogP contribution >= 0.6 is 0 Å². The predicted octanol–water partition coefficient (Wildman–Crippen LogP) is 3.81. The second-order valence-corrected chi connectivity index (χ2v) is 4.79. The van der Waals surface area contributed by atoms with Crippen molar-refractivity contribution in [1.82, 2.24) is 0 Å². The number of unbranched alkanes of at least 4 members (excludes halogenated alkanes) is 1. The van der Waals surface area contributed by atoms with Gasteiger partial charge in [-0.2, -0.15) is 0 Å². The number of anilines is 2. The fourth-order valence-corrected chi connectivity index (χ4v) is 2.03. The molecule has 1 aromatic carbocycles. The van der Waals surface area contributed by atoms with Crippen molar-refractivity contribution in [3.63, 3.8) is 0 Å². The molecule has 0 aliphatic carbocycles. The zero-order chi connectivity index (χ0) is 13.4. The average Bonchev–Trinajstić information content (AvgIpc) is 2.34. The molecule has 0 aliphatic heterocycles. The molecule has 3 nitrogen and oxygen atoms in total. The number of nitrogens with two attached hydrogens (primary N) is 1. The summed E-state index contributed by atoms with van der Waals surface area (Å²) in [6.07, 6.45) is 5.18. The number of rotatable bonds is 7. The molecule has 0 fully saturated rings. The number of amides is 1. The standard InChI is InChI=1S/C15H24N2O/c1-3-5-7-12(4-2)10-15(18)17-14-9-6-8-13(16)11-14/h6,8-9,11-12H,3-5,7,10,16H2,1-2H3,(H,17,18). The van der Waals surface area contributed by atoms with Crippen LogP contribution in [0.5, 0.6) is 0 Å². The largest absolute Gasteiger partial charge is 0.399 e. The molecule has 0 saturated carbocycles. The first-order valence-corrected chi connectivity index (χ1v) is 6.81. The van der Waals surface area contributed by atoms with E-state index in [1.54, 1.807) is 6.07 Å². The minimum Gasteiger partial charge on any atom is -0.399 e. The summed E-state index contributed by atoms with van der Waals surface area (Å²) in [5, 5.41) is 2.91. The molecule has 1 rings (SSSR count). The number of nitrogen functional groups attached to an aromatic ring is 1. The Morgan fingerprint density at radius 1 is 1.39 bits per heavy atom. The third-order valence-electron chi connectivity index (χ3n) is 3.19. The molecule has 0 saturated heterocycles. The quantitative estimate of drug-likeness (QED) is 0.721. The lowest BCUT2D eigenvalue weighted by Gasteiger charge is -2.14. The van der Waals surface area contributed by atoms with Gasteiger partial charge in [-0.15, -0.1) is 0 Å². The lowest BCUT2D eigenvalue weighted by Crippen LogP contribution is -2.16. The minimum absolute atomic E-state index is 0.0866. The highest BCUT2D eigenvalue weighted by Gasteiger charge is 2.11. The molecule has 0 heterocycles. The van der Waals surface area contributed by atoms with Crippen LogP contribution in [0.3, 0.4) is 0 Å². The summed E-state index contributed by atoms with van der Waals surface area (Å²) < 4.78 is 0. The van der Waals surface area contributed by atoms with Gasteiger partial charge in [0.05, 0.1) is 0 Å². The van der Waals surface area contributed by atoms with E-state index in [2.05, 4.69) is 19.2 Å². The van der Waals surface area contributed by atoms with Crippen molar-refractivity contribution in [3.8, 4) is 0 Å². The SMILES string of the molecule is CCCCC(CC)CC(=O)Nc1cccc(N)c1. The van der Waals surface area contributed by atoms with E-state index >= 15 is 0 Å². The summed E-state index contributed by atoms with van der Waals surface area (Å²) in [5.41, 5.74) is 7.13. The van der Waals surface area contributed by atoms with E-state index < -0.39 is 0 Å². The van der Waals surface area contributed by atoms with Crippen molar-refractivity contribution in [2.24, 2.45) is 5.92 Å². The van der Waals surface area contributed by atoms with Gasteiger partial charge in [-0.1, -0.05) is 39.2 Å². The number of nitrogens with one attached hydrogen (secondary N) is 1. The number of benzene rings is 1. The second-order valence-electron chi connectivity index (χ2n) is 4.79. The Labute approximate surface area is 110 Å². The maximum atomic E-state index is 11.9. The van der Waals surface area contributed by atoms with Crippen LogP contribution in [0.25, 0.3) is 0 Å². The molecule has 100 valence electrons. The van der Waals surface area contributed by atoms with E-state index in [0.29, 0.717) is 18.0 Å². The van der Waals surface area contributed by atoms with E-state index in [0.717, 1.165) is 18.5 Å². The van der Waals surface area contributed by atoms with E-state index in [9.17, 15) is 4.79 Å². The molecule has 1 atom stereocenters. The van der Waals surface area contributed by atoms with Gasteiger partial charge in [0.25, 0.3) is 0 Å². The minimum atomic E-state index is 0.0866. The van der Waals surface area contributed by atoms with Gasteiger partial charge in [-0.25, -0.2) is 0 Å². The molecule has 3 N–H and O–H groups in total. The normalized spacial score (nSPS) is 12.1. The highest BCUT2D eigenvalue weighted by Crippen LogP contribution is 2.18. The topological polar surface area (TPSA) is 55.1 Å². The Kier molecular flexibility index (Phi) is 6.26. The predicted molar refractivity (Wildman–Crippen MR) is 77.4 cm³/mol. The monoisotopic (exact) mass is 248 g/mol. The summed E-state index contributed by atoms with van der Waals surface area (Å²) in [6, 6.07) is 7.30. The molecule has 18 heavy (non-hydrogen) atoms. The van der Waals surface area contributed by atoms with Crippen LogP contribution in [0.2, 0.25) is 0 Å². The summed E-state index contributed by atoms with van der Waals surface area (Å²) in [5.74, 6) is 0.578. The zero-order valence-corrected chi connectivity index (χ0v) is 11.4. The Bertz CT molecular complexity index is 377. The van der Waals surface area contributed by atoms with Gasteiger partial charge in [-0.05, 0) is 30.5 Å². The first-order chi connectivity index (χ1) is 8.65. The van der Waals surface area contributed by atoms with Gasteiger partial charge in [-0.3, -0.25) is 4.79 Å². The first kappa shape index (κ1) is 14.6. The molecule has 0 bridgehead atoms. The van der Waals surface area contributed by atoms with E-state index in [4.69, 9.17) is 5.73 Å². The molecule has 0 aliphatic rings. The van der Waals surface area contributed by atoms with E-state index in [1.807, 2.05) is 18.2 Å². The van der Waals surface area contributed by atoms with Gasteiger partial charge < -0.3 is 11.1 Å². The third-order valence-corrected chi connectivity index (χ3v) is 3.19. The molecule has 1 amide bonds. The van der Waals surface area contributed by atoms with Crippen molar-refractivity contribution in [1.29, 1.82) is 0 Å². The van der Waals surface area contributed by atoms with Crippen LogP contribution in [-0.2, 0) is 4.79 Å². The summed E-state index contributed by atoms with van der Waals surface area (Å²) in [4.78, 5) is 11.9. The molecule has 0 radical (unpaired) electrons. The summed E-state index contributed by atoms with van der Waals surface area (Å²) in [6.45, 7) is 4.33. The fourth-order valence-electron chi connectivity index (χ4n) is 2.03. The van der Waals surface area contributed by atoms with E-state index in [-0.39, 0.29) is 5.91 Å². The Morgan fingerprint density at radius 3 is 2.78 bits per heavy atom. The number of hydrogen-bond donors (Lipinski definition) is 2. The Hall–Kier alpha value is -1.51. The molecular weight excluding hydrogens is 224 g/mol. The molecule has 0 aromatic heterocycles. The van der Waals surface area contributed by atoms with Crippen LogP contribution < -0.4 is 11.1 Å². The number of carbonyl (C=O) groups excluding carboxylic acids is 1. The molecular formula is C15H24N2O. The number of hydrogen-bond acceptors (Lipinski definition) is 2. The first-order valence-electron chi connectivity index (χ1n) is 6.81. The van der Waals surface area contributed by atoms with Crippen LogP contribution in [0, 0.1) is 5.92 Å². The van der Waals surface area contributed by atoms with Crippen LogP contribution in [0.1, 0.15) is 46.0 Å². The van der Waals surface area contributed by atoms with E-state index in [1.165, 1.54) is 12.8 Å². The van der Waals surface area contributed by atoms with Crippen LogP contribution in [-0.4, -0.2) is 5.91 Å². The van der Waals surface area contributed by atoms with Gasteiger partial charge in [0.15, 0.2) is 0 Å². The second kappa shape index (κ2) is 7.75. The average molecular weight is 248 g/mol. The summed E-state index contributed by atoms with van der Waals surface area (Å²) >= 11 is 0. The van der Waals surface area contributed by atoms with Gasteiger partial charge in [0.2, 0.25) is 5.91 Å². The highest BCUT2D eigenvalue weighted by molar-refractivity contribution is 5.91. The lowest BCUT2D eigenvalue weighted by atomic mass is 9.95. The van der Waals surface area contributed by atoms with Crippen LogP contribution in [0.15, 0.2) is 24.3 Å². The molecule has 0 spiro atoms.